The minimum Gasteiger partial charge on any atom is -0.394 e. The fourth-order valence-corrected chi connectivity index (χ4v) is 1.92. The number of anilines is 1. The Bertz CT molecular complexity index is 369. The lowest BCUT2D eigenvalue weighted by atomic mass is 10.3. The van der Waals surface area contributed by atoms with Gasteiger partial charge < -0.3 is 10.8 Å². The number of para-hydroxylation sites is 1. The molecule has 0 bridgehead atoms. The highest BCUT2D eigenvalue weighted by Gasteiger charge is 2.13. The maximum Gasteiger partial charge on any atom is 0.182 e. The molecule has 4 nitrogen and oxygen atoms in total. The number of hydrogen-bond donors (Lipinski definition) is 3. The predicted molar refractivity (Wildman–Crippen MR) is 70.8 cm³/mol. The molecule has 16 heavy (non-hydrogen) atoms. The lowest BCUT2D eigenvalue weighted by Gasteiger charge is -2.26. The quantitative estimate of drug-likeness (QED) is 0.577. The lowest BCUT2D eigenvalue weighted by Crippen LogP contribution is -2.46. The molecule has 0 spiro atoms. The van der Waals surface area contributed by atoms with Crippen LogP contribution in [-0.4, -0.2) is 23.4 Å². The molecule has 0 aliphatic heterocycles. The first-order valence-corrected chi connectivity index (χ1v) is 5.61. The second-order valence-electron chi connectivity index (χ2n) is 2.92. The van der Waals surface area contributed by atoms with E-state index in [1.807, 2.05) is 0 Å². The van der Waals surface area contributed by atoms with Crippen LogP contribution in [0.4, 0.5) is 5.69 Å². The largest absolute Gasteiger partial charge is 0.394 e. The Morgan fingerprint density at radius 2 is 2.00 bits per heavy atom. The molecule has 0 unspecified atom stereocenters. The van der Waals surface area contributed by atoms with Gasteiger partial charge in [-0.3, -0.25) is 10.4 Å². The summed E-state index contributed by atoms with van der Waals surface area (Å²) in [7, 11) is 0. The van der Waals surface area contributed by atoms with E-state index in [0.29, 0.717) is 15.7 Å². The Morgan fingerprint density at radius 1 is 1.44 bits per heavy atom. The molecule has 0 fully saturated rings. The van der Waals surface area contributed by atoms with Crippen molar-refractivity contribution >= 4 is 46.2 Å². The number of hydrogen-bond acceptors (Lipinski definition) is 3. The summed E-state index contributed by atoms with van der Waals surface area (Å²) in [6, 6.07) is 5.11. The lowest BCUT2D eigenvalue weighted by molar-refractivity contribution is 0.300. The zero-order chi connectivity index (χ0) is 12.1. The fourth-order valence-electron chi connectivity index (χ4n) is 1.20. The first-order chi connectivity index (χ1) is 7.56. The molecule has 0 saturated carbocycles. The summed E-state index contributed by atoms with van der Waals surface area (Å²) in [6.07, 6.45) is 0. The summed E-state index contributed by atoms with van der Waals surface area (Å²) in [5.41, 5.74) is 8.60. The molecule has 1 aromatic rings. The number of nitrogens with one attached hydrogen (secondary N) is 1. The molecule has 0 aliphatic carbocycles. The third-order valence-corrected chi connectivity index (χ3v) is 2.48. The Morgan fingerprint density at radius 3 is 2.44 bits per heavy atom. The van der Waals surface area contributed by atoms with E-state index in [-0.39, 0.29) is 18.3 Å². The standard InChI is InChI=1S/C9H11Cl2N3OS/c10-6-2-1-3-7(11)8(6)14(4-5-15)13-9(12)16/h1-3,15H,4-5H2,(H3,12,13,16). The topological polar surface area (TPSA) is 61.5 Å². The van der Waals surface area contributed by atoms with Crippen molar-refractivity contribution in [3.8, 4) is 0 Å². The van der Waals surface area contributed by atoms with Crippen LogP contribution in [0.3, 0.4) is 0 Å². The molecule has 0 atom stereocenters. The molecule has 88 valence electrons. The molecule has 0 radical (unpaired) electrons. The van der Waals surface area contributed by atoms with Gasteiger partial charge in [-0.25, -0.2) is 0 Å². The van der Waals surface area contributed by atoms with Crippen LogP contribution >= 0.6 is 35.4 Å². The molecule has 0 aromatic heterocycles. The monoisotopic (exact) mass is 279 g/mol. The van der Waals surface area contributed by atoms with Crippen LogP contribution in [0.1, 0.15) is 0 Å². The summed E-state index contributed by atoms with van der Waals surface area (Å²) < 4.78 is 0. The van der Waals surface area contributed by atoms with Gasteiger partial charge in [0.2, 0.25) is 0 Å². The van der Waals surface area contributed by atoms with E-state index in [4.69, 9.17) is 46.3 Å². The van der Waals surface area contributed by atoms with Crippen LogP contribution in [0.15, 0.2) is 18.2 Å². The van der Waals surface area contributed by atoms with Gasteiger partial charge in [0, 0.05) is 0 Å². The zero-order valence-corrected chi connectivity index (χ0v) is 10.6. The number of halogens is 2. The van der Waals surface area contributed by atoms with Crippen LogP contribution in [-0.2, 0) is 0 Å². The first kappa shape index (κ1) is 13.3. The number of hydrazine groups is 1. The highest BCUT2D eigenvalue weighted by atomic mass is 35.5. The van der Waals surface area contributed by atoms with Crippen molar-refractivity contribution in [2.45, 2.75) is 0 Å². The van der Waals surface area contributed by atoms with Crippen LogP contribution in [0.25, 0.3) is 0 Å². The zero-order valence-electron chi connectivity index (χ0n) is 8.28. The van der Waals surface area contributed by atoms with Gasteiger partial charge in [-0.15, -0.1) is 0 Å². The SMILES string of the molecule is NC(=S)NN(CCO)c1c(Cl)cccc1Cl. The van der Waals surface area contributed by atoms with Gasteiger partial charge in [-0.2, -0.15) is 0 Å². The first-order valence-electron chi connectivity index (χ1n) is 4.44. The smallest absolute Gasteiger partial charge is 0.182 e. The van der Waals surface area contributed by atoms with Gasteiger partial charge in [0.1, 0.15) is 0 Å². The Kier molecular flexibility index (Phi) is 5.08. The van der Waals surface area contributed by atoms with Crippen molar-refractivity contribution in [2.75, 3.05) is 18.2 Å². The number of thiocarbonyl (C=S) groups is 1. The molecular weight excluding hydrogens is 269 g/mol. The third-order valence-electron chi connectivity index (χ3n) is 1.78. The van der Waals surface area contributed by atoms with Crippen molar-refractivity contribution in [1.82, 2.24) is 5.43 Å². The number of aliphatic hydroxyl groups is 1. The molecule has 0 heterocycles. The van der Waals surface area contributed by atoms with Gasteiger partial charge >= 0.3 is 0 Å². The van der Waals surface area contributed by atoms with E-state index in [0.717, 1.165) is 0 Å². The summed E-state index contributed by atoms with van der Waals surface area (Å²) in [6.45, 7) is 0.179. The molecule has 0 aliphatic rings. The number of benzene rings is 1. The van der Waals surface area contributed by atoms with E-state index >= 15 is 0 Å². The number of nitrogens with zero attached hydrogens (tertiary/aromatic N) is 1. The third kappa shape index (κ3) is 3.38. The van der Waals surface area contributed by atoms with E-state index in [1.54, 1.807) is 18.2 Å². The Hall–Kier alpha value is -0.750. The van der Waals surface area contributed by atoms with Gasteiger partial charge in [0.25, 0.3) is 0 Å². The van der Waals surface area contributed by atoms with Crippen molar-refractivity contribution in [2.24, 2.45) is 5.73 Å². The van der Waals surface area contributed by atoms with Crippen LogP contribution in [0.2, 0.25) is 10.0 Å². The van der Waals surface area contributed by atoms with Crippen molar-refractivity contribution < 1.29 is 5.11 Å². The fraction of sp³-hybridized carbons (Fsp3) is 0.222. The molecule has 0 amide bonds. The van der Waals surface area contributed by atoms with E-state index in [1.165, 1.54) is 5.01 Å². The van der Waals surface area contributed by atoms with Crippen LogP contribution in [0.5, 0.6) is 0 Å². The van der Waals surface area contributed by atoms with E-state index in [9.17, 15) is 0 Å². The molecular formula is C9H11Cl2N3OS. The maximum absolute atomic E-state index is 8.94. The highest BCUT2D eigenvalue weighted by molar-refractivity contribution is 7.80. The number of nitrogens with two attached hydrogens (primary N) is 1. The van der Waals surface area contributed by atoms with Crippen molar-refractivity contribution in [1.29, 1.82) is 0 Å². The van der Waals surface area contributed by atoms with E-state index < -0.39 is 0 Å². The summed E-state index contributed by atoms with van der Waals surface area (Å²) in [5.74, 6) is 0. The predicted octanol–water partition coefficient (Wildman–Crippen LogP) is 1.54. The molecule has 1 aromatic carbocycles. The second kappa shape index (κ2) is 6.10. The number of aliphatic hydroxyl groups excluding tert-OH is 1. The Balaban J connectivity index is 3.04. The molecule has 0 saturated heterocycles. The van der Waals surface area contributed by atoms with Gasteiger partial charge in [-0.05, 0) is 24.4 Å². The second-order valence-corrected chi connectivity index (χ2v) is 4.18. The summed E-state index contributed by atoms with van der Waals surface area (Å²) in [5, 5.41) is 11.4. The average Bonchev–Trinajstić information content (AvgIpc) is 2.16. The van der Waals surface area contributed by atoms with Gasteiger partial charge in [0.15, 0.2) is 5.11 Å². The highest BCUT2D eigenvalue weighted by Crippen LogP contribution is 2.32. The van der Waals surface area contributed by atoms with Gasteiger partial charge in [0.05, 0.1) is 28.9 Å². The summed E-state index contributed by atoms with van der Waals surface area (Å²) in [4.78, 5) is 0. The maximum atomic E-state index is 8.94. The number of rotatable bonds is 4. The van der Waals surface area contributed by atoms with Crippen molar-refractivity contribution in [3.05, 3.63) is 28.2 Å². The minimum atomic E-state index is -0.0861. The summed E-state index contributed by atoms with van der Waals surface area (Å²) >= 11 is 16.8. The Labute approximate surface area is 109 Å². The molecule has 4 N–H and O–H groups in total. The van der Waals surface area contributed by atoms with Crippen LogP contribution in [0, 0.1) is 0 Å². The molecule has 1 rings (SSSR count). The van der Waals surface area contributed by atoms with Gasteiger partial charge in [-0.1, -0.05) is 29.3 Å². The minimum absolute atomic E-state index is 0.0736. The normalized spacial score (nSPS) is 9.94. The van der Waals surface area contributed by atoms with Crippen LogP contribution < -0.4 is 16.2 Å². The van der Waals surface area contributed by atoms with Crippen molar-refractivity contribution in [3.63, 3.8) is 0 Å². The molecule has 7 heteroatoms. The van der Waals surface area contributed by atoms with E-state index in [2.05, 4.69) is 5.43 Å². The average molecular weight is 280 g/mol.